The molecule has 0 atom stereocenters. The maximum atomic E-state index is 9.88. The number of halogens is 4. The predicted molar refractivity (Wildman–Crippen MR) is 47.5 cm³/mol. The normalized spacial score (nSPS) is 9.88. The molecule has 0 unspecified atom stereocenters. The van der Waals surface area contributed by atoms with Crippen LogP contribution in [0.4, 0.5) is 0 Å². The Bertz CT molecular complexity index is 84.5. The fourth-order valence-electron chi connectivity index (χ4n) is 0. The monoisotopic (exact) mass is 374 g/mol. The molecule has 0 aliphatic rings. The Balaban J connectivity index is 0. The SMILES string of the molecule is Br.O=C(O)C(Br)(Br)Br. The Labute approximate surface area is 82.2 Å². The zero-order valence-corrected chi connectivity index (χ0v) is 9.87. The third-order valence-electron chi connectivity index (χ3n) is 0.243. The van der Waals surface area contributed by atoms with Crippen molar-refractivity contribution in [3.8, 4) is 0 Å². The van der Waals surface area contributed by atoms with Gasteiger partial charge in [0.25, 0.3) is 0 Å². The largest absolute Gasteiger partial charge is 0.479 e. The van der Waals surface area contributed by atoms with Crippen LogP contribution in [0.1, 0.15) is 0 Å². The van der Waals surface area contributed by atoms with Crippen LogP contribution in [-0.4, -0.2) is 13.2 Å². The highest BCUT2D eigenvalue weighted by molar-refractivity contribution is 9.40. The van der Waals surface area contributed by atoms with Crippen molar-refractivity contribution >= 4 is 70.7 Å². The van der Waals surface area contributed by atoms with Crippen LogP contribution in [0.25, 0.3) is 0 Å². The van der Waals surface area contributed by atoms with Crippen molar-refractivity contribution in [2.75, 3.05) is 0 Å². The molecular formula is C2H2Br4O2. The number of carboxylic acid groups (broad SMARTS) is 1. The molecule has 2 nitrogen and oxygen atoms in total. The van der Waals surface area contributed by atoms with E-state index in [-0.39, 0.29) is 17.0 Å². The Morgan fingerprint density at radius 1 is 1.38 bits per heavy atom. The summed E-state index contributed by atoms with van der Waals surface area (Å²) < 4.78 is -1.15. The number of carboxylic acids is 1. The first-order chi connectivity index (χ1) is 2.94. The smallest absolute Gasteiger partial charge is 0.342 e. The Kier molecular flexibility index (Phi) is 6.42. The Morgan fingerprint density at radius 2 is 1.50 bits per heavy atom. The molecule has 0 aliphatic heterocycles. The molecule has 0 saturated carbocycles. The molecule has 0 spiro atoms. The summed E-state index contributed by atoms with van der Waals surface area (Å²) in [6.45, 7) is 0. The molecule has 50 valence electrons. The fourth-order valence-corrected chi connectivity index (χ4v) is 0. The maximum Gasteiger partial charge on any atom is 0.342 e. The number of alkyl halides is 3. The molecule has 0 aromatic carbocycles. The molecule has 1 N–H and O–H groups in total. The lowest BCUT2D eigenvalue weighted by Crippen LogP contribution is -2.14. The number of hydrogen-bond donors (Lipinski definition) is 1. The molecule has 0 rings (SSSR count). The molecule has 0 bridgehead atoms. The van der Waals surface area contributed by atoms with Crippen LogP contribution in [0.15, 0.2) is 0 Å². The number of aliphatic carboxylic acids is 1. The second-order valence-electron chi connectivity index (χ2n) is 0.803. The first kappa shape index (κ1) is 12.1. The summed E-state index contributed by atoms with van der Waals surface area (Å²) in [6, 6.07) is 0. The van der Waals surface area contributed by atoms with E-state index >= 15 is 0 Å². The molecule has 0 radical (unpaired) electrons. The van der Waals surface area contributed by atoms with Gasteiger partial charge in [0.05, 0.1) is 0 Å². The van der Waals surface area contributed by atoms with Crippen molar-refractivity contribution in [3.05, 3.63) is 0 Å². The predicted octanol–water partition coefficient (Wildman–Crippen LogP) is 2.49. The molecule has 6 heteroatoms. The molecule has 0 saturated heterocycles. The third kappa shape index (κ3) is 5.53. The number of hydrogen-bond acceptors (Lipinski definition) is 1. The molecule has 0 amide bonds. The standard InChI is InChI=1S/C2HBr3O2.BrH/c3-2(4,5)1(6)7;/h(H,6,7);1H. The van der Waals surface area contributed by atoms with Crippen LogP contribution in [0.5, 0.6) is 0 Å². The summed E-state index contributed by atoms with van der Waals surface area (Å²) in [6.07, 6.45) is 0. The van der Waals surface area contributed by atoms with E-state index in [0.29, 0.717) is 0 Å². The quantitative estimate of drug-likeness (QED) is 0.659. The lowest BCUT2D eigenvalue weighted by Gasteiger charge is -2.01. The van der Waals surface area contributed by atoms with Crippen LogP contribution >= 0.6 is 64.8 Å². The molecule has 0 aliphatic carbocycles. The second kappa shape index (κ2) is 4.24. The van der Waals surface area contributed by atoms with Gasteiger partial charge in [-0.1, -0.05) is 0 Å². The van der Waals surface area contributed by atoms with Gasteiger partial charge in [0, 0.05) is 0 Å². The van der Waals surface area contributed by atoms with Crippen molar-refractivity contribution in [1.82, 2.24) is 0 Å². The maximum absolute atomic E-state index is 9.88. The van der Waals surface area contributed by atoms with E-state index in [4.69, 9.17) is 5.11 Å². The molecule has 0 aromatic heterocycles. The molecule has 0 heterocycles. The molecule has 0 aromatic rings. The zero-order chi connectivity index (χ0) is 6.08. The highest BCUT2D eigenvalue weighted by Gasteiger charge is 2.27. The van der Waals surface area contributed by atoms with Gasteiger partial charge in [0.2, 0.25) is 2.14 Å². The minimum Gasteiger partial charge on any atom is -0.479 e. The summed E-state index contributed by atoms with van der Waals surface area (Å²) in [5.41, 5.74) is 0. The minimum absolute atomic E-state index is 0. The van der Waals surface area contributed by atoms with Gasteiger partial charge < -0.3 is 5.11 Å². The van der Waals surface area contributed by atoms with E-state index < -0.39 is 8.11 Å². The van der Waals surface area contributed by atoms with Crippen LogP contribution < -0.4 is 0 Å². The van der Waals surface area contributed by atoms with E-state index in [1.165, 1.54) is 0 Å². The highest BCUT2D eigenvalue weighted by Crippen LogP contribution is 2.32. The van der Waals surface area contributed by atoms with Crippen LogP contribution in [-0.2, 0) is 4.79 Å². The van der Waals surface area contributed by atoms with E-state index in [2.05, 4.69) is 47.8 Å². The number of carbonyl (C=O) groups is 1. The summed E-state index contributed by atoms with van der Waals surface area (Å²) in [4.78, 5) is 9.88. The van der Waals surface area contributed by atoms with Crippen molar-refractivity contribution in [2.45, 2.75) is 2.14 Å². The average molecular weight is 378 g/mol. The van der Waals surface area contributed by atoms with Crippen molar-refractivity contribution in [2.24, 2.45) is 0 Å². The van der Waals surface area contributed by atoms with Gasteiger partial charge >= 0.3 is 5.97 Å². The van der Waals surface area contributed by atoms with Crippen molar-refractivity contribution < 1.29 is 9.90 Å². The summed E-state index contributed by atoms with van der Waals surface area (Å²) in [7, 11) is 0. The van der Waals surface area contributed by atoms with Gasteiger partial charge in [-0.25, -0.2) is 4.79 Å². The average Bonchev–Trinajstić information content (AvgIpc) is 1.31. The Hall–Kier alpha value is 1.39. The summed E-state index contributed by atoms with van der Waals surface area (Å²) in [5, 5.41) is 8.11. The van der Waals surface area contributed by atoms with Crippen LogP contribution in [0, 0.1) is 0 Å². The van der Waals surface area contributed by atoms with Gasteiger partial charge in [-0.05, 0) is 47.8 Å². The van der Waals surface area contributed by atoms with E-state index in [9.17, 15) is 4.79 Å². The second-order valence-corrected chi connectivity index (χ2v) is 7.56. The molecule has 0 fully saturated rings. The van der Waals surface area contributed by atoms with Gasteiger partial charge in [0.1, 0.15) is 0 Å². The topological polar surface area (TPSA) is 37.3 Å². The van der Waals surface area contributed by atoms with Gasteiger partial charge in [-0.15, -0.1) is 17.0 Å². The van der Waals surface area contributed by atoms with Crippen LogP contribution in [0.3, 0.4) is 0 Å². The first-order valence-electron chi connectivity index (χ1n) is 1.24. The summed E-state index contributed by atoms with van der Waals surface area (Å²) in [5.74, 6) is -1.01. The summed E-state index contributed by atoms with van der Waals surface area (Å²) >= 11 is 8.33. The van der Waals surface area contributed by atoms with E-state index in [1.54, 1.807) is 0 Å². The van der Waals surface area contributed by atoms with Gasteiger partial charge in [-0.2, -0.15) is 0 Å². The van der Waals surface area contributed by atoms with Crippen LogP contribution in [0.2, 0.25) is 0 Å². The third-order valence-corrected chi connectivity index (χ3v) is 1.26. The molecular weight excluding hydrogens is 376 g/mol. The first-order valence-corrected chi connectivity index (χ1v) is 3.62. The highest BCUT2D eigenvalue weighted by atomic mass is 80.0. The van der Waals surface area contributed by atoms with Gasteiger partial charge in [0.15, 0.2) is 0 Å². The lowest BCUT2D eigenvalue weighted by molar-refractivity contribution is -0.134. The Morgan fingerprint density at radius 3 is 1.50 bits per heavy atom. The fraction of sp³-hybridized carbons (Fsp3) is 0.500. The lowest BCUT2D eigenvalue weighted by atomic mass is 10.8. The van der Waals surface area contributed by atoms with Crippen molar-refractivity contribution in [3.63, 3.8) is 0 Å². The minimum atomic E-state index is -1.15. The number of rotatable bonds is 0. The van der Waals surface area contributed by atoms with Gasteiger partial charge in [-0.3, -0.25) is 0 Å². The van der Waals surface area contributed by atoms with Crippen molar-refractivity contribution in [1.29, 1.82) is 0 Å². The zero-order valence-electron chi connectivity index (χ0n) is 3.40. The molecule has 8 heavy (non-hydrogen) atoms. The van der Waals surface area contributed by atoms with E-state index in [1.807, 2.05) is 0 Å². The van der Waals surface area contributed by atoms with E-state index in [0.717, 1.165) is 0 Å².